The molecule has 0 saturated heterocycles. The van der Waals surface area contributed by atoms with Crippen LogP contribution in [0.3, 0.4) is 0 Å². The van der Waals surface area contributed by atoms with Crippen molar-refractivity contribution in [3.8, 4) is 11.5 Å². The van der Waals surface area contributed by atoms with Crippen LogP contribution in [0.1, 0.15) is 0 Å². The maximum Gasteiger partial charge on any atom is 0.262 e. The Morgan fingerprint density at radius 2 is 1.83 bits per heavy atom. The maximum atomic E-state index is 13.1. The fourth-order valence-corrected chi connectivity index (χ4v) is 3.71. The minimum atomic E-state index is -4.01. The van der Waals surface area contributed by atoms with Gasteiger partial charge in [0.2, 0.25) is 0 Å². The molecule has 0 unspecified atom stereocenters. The van der Waals surface area contributed by atoms with Crippen LogP contribution in [0.4, 0.5) is 15.8 Å². The maximum absolute atomic E-state index is 13.1. The highest BCUT2D eigenvalue weighted by Gasteiger charge is 2.18. The molecule has 7 nitrogen and oxygen atoms in total. The predicted octanol–water partition coefficient (Wildman–Crippen LogP) is 4.00. The third-order valence-electron chi connectivity index (χ3n) is 3.80. The average Bonchev–Trinajstić information content (AvgIpc) is 2.68. The van der Waals surface area contributed by atoms with Gasteiger partial charge >= 0.3 is 0 Å². The zero-order chi connectivity index (χ0) is 21.7. The van der Waals surface area contributed by atoms with E-state index in [1.807, 2.05) is 0 Å². The highest BCUT2D eigenvalue weighted by molar-refractivity contribution is 7.92. The minimum Gasteiger partial charge on any atom is -0.506 e. The first-order valence-corrected chi connectivity index (χ1v) is 10.4. The van der Waals surface area contributed by atoms with Crippen molar-refractivity contribution >= 4 is 38.9 Å². The number of anilines is 2. The van der Waals surface area contributed by atoms with Gasteiger partial charge < -0.3 is 15.2 Å². The average molecular weight is 451 g/mol. The van der Waals surface area contributed by atoms with E-state index in [1.165, 1.54) is 36.4 Å². The molecule has 156 valence electrons. The SMILES string of the molecule is O=C(COc1cccc(F)c1)Nc1cc(S(=O)(=O)Nc2cccc(Cl)c2)ccc1O. The Kier molecular flexibility index (Phi) is 6.43. The van der Waals surface area contributed by atoms with Crippen LogP contribution in [-0.2, 0) is 14.8 Å². The quantitative estimate of drug-likeness (QED) is 0.472. The molecule has 0 spiro atoms. The summed E-state index contributed by atoms with van der Waals surface area (Å²) in [5, 5.41) is 12.7. The second-order valence-corrected chi connectivity index (χ2v) is 8.21. The fraction of sp³-hybridized carbons (Fsp3) is 0.0500. The Morgan fingerprint density at radius 3 is 2.57 bits per heavy atom. The van der Waals surface area contributed by atoms with E-state index in [4.69, 9.17) is 16.3 Å². The van der Waals surface area contributed by atoms with Gasteiger partial charge in [0, 0.05) is 11.1 Å². The lowest BCUT2D eigenvalue weighted by atomic mass is 10.3. The first kappa shape index (κ1) is 21.4. The number of nitrogens with one attached hydrogen (secondary N) is 2. The molecule has 1 amide bonds. The monoisotopic (exact) mass is 450 g/mol. The summed E-state index contributed by atoms with van der Waals surface area (Å²) in [6.45, 7) is -0.472. The molecule has 0 aliphatic heterocycles. The van der Waals surface area contributed by atoms with Crippen LogP contribution in [0, 0.1) is 5.82 Å². The molecule has 0 radical (unpaired) electrons. The number of phenols is 1. The Balaban J connectivity index is 1.71. The Bertz CT molecular complexity index is 1190. The van der Waals surface area contributed by atoms with E-state index < -0.39 is 28.4 Å². The molecule has 3 aromatic carbocycles. The number of benzene rings is 3. The number of ether oxygens (including phenoxy) is 1. The highest BCUT2D eigenvalue weighted by atomic mass is 35.5. The van der Waals surface area contributed by atoms with Crippen LogP contribution in [0.5, 0.6) is 11.5 Å². The predicted molar refractivity (Wildman–Crippen MR) is 111 cm³/mol. The molecule has 30 heavy (non-hydrogen) atoms. The molecule has 0 aliphatic rings. The van der Waals surface area contributed by atoms with Gasteiger partial charge in [0.15, 0.2) is 6.61 Å². The van der Waals surface area contributed by atoms with Crippen LogP contribution < -0.4 is 14.8 Å². The van der Waals surface area contributed by atoms with E-state index >= 15 is 0 Å². The summed E-state index contributed by atoms with van der Waals surface area (Å²) in [6, 6.07) is 14.8. The second-order valence-electron chi connectivity index (χ2n) is 6.09. The third-order valence-corrected chi connectivity index (χ3v) is 5.41. The molecule has 0 aliphatic carbocycles. The van der Waals surface area contributed by atoms with E-state index in [0.717, 1.165) is 18.2 Å². The van der Waals surface area contributed by atoms with Gasteiger partial charge in [-0.25, -0.2) is 12.8 Å². The van der Waals surface area contributed by atoms with E-state index in [2.05, 4.69) is 10.0 Å². The molecule has 0 aromatic heterocycles. The first-order chi connectivity index (χ1) is 14.2. The number of sulfonamides is 1. The number of rotatable bonds is 7. The number of halogens is 2. The number of amides is 1. The van der Waals surface area contributed by atoms with Gasteiger partial charge in [-0.15, -0.1) is 0 Å². The summed E-state index contributed by atoms with van der Waals surface area (Å²) in [5.74, 6) is -1.38. The summed E-state index contributed by atoms with van der Waals surface area (Å²) in [7, 11) is -4.01. The summed E-state index contributed by atoms with van der Waals surface area (Å²) < 4.78 is 45.9. The number of phenolic OH excluding ortho intramolecular Hbond substituents is 1. The number of hydrogen-bond acceptors (Lipinski definition) is 5. The molecule has 10 heteroatoms. The van der Waals surface area contributed by atoms with Crippen LogP contribution in [0.15, 0.2) is 71.6 Å². The highest BCUT2D eigenvalue weighted by Crippen LogP contribution is 2.28. The summed E-state index contributed by atoms with van der Waals surface area (Å²) in [4.78, 5) is 11.9. The van der Waals surface area contributed by atoms with E-state index in [9.17, 15) is 22.7 Å². The van der Waals surface area contributed by atoms with Crippen molar-refractivity contribution in [2.45, 2.75) is 4.90 Å². The Morgan fingerprint density at radius 1 is 1.07 bits per heavy atom. The standard InChI is InChI=1S/C20H16ClFN2O5S/c21-13-3-1-5-15(9-13)24-30(27,28)17-7-8-19(25)18(11-17)23-20(26)12-29-16-6-2-4-14(22)10-16/h1-11,24-25H,12H2,(H,23,26). The molecular formula is C20H16ClFN2O5S. The number of carbonyl (C=O) groups excluding carboxylic acids is 1. The number of hydrogen-bond donors (Lipinski definition) is 3. The van der Waals surface area contributed by atoms with Crippen LogP contribution in [0.2, 0.25) is 5.02 Å². The minimum absolute atomic E-state index is 0.128. The first-order valence-electron chi connectivity index (χ1n) is 8.52. The fourth-order valence-electron chi connectivity index (χ4n) is 2.44. The van der Waals surface area contributed by atoms with E-state index in [0.29, 0.717) is 5.02 Å². The molecule has 3 N–H and O–H groups in total. The Hall–Kier alpha value is -3.30. The van der Waals surface area contributed by atoms with Gasteiger partial charge in [0.25, 0.3) is 15.9 Å². The topological polar surface area (TPSA) is 105 Å². The molecule has 0 atom stereocenters. The van der Waals surface area contributed by atoms with Crippen molar-refractivity contribution in [3.05, 3.63) is 77.6 Å². The molecule has 0 saturated carbocycles. The van der Waals surface area contributed by atoms with Gasteiger partial charge in [0.05, 0.1) is 16.3 Å². The van der Waals surface area contributed by atoms with Crippen molar-refractivity contribution in [1.82, 2.24) is 0 Å². The molecule has 3 rings (SSSR count). The zero-order valence-corrected chi connectivity index (χ0v) is 16.9. The third kappa shape index (κ3) is 5.62. The molecule has 0 fully saturated rings. The van der Waals surface area contributed by atoms with Gasteiger partial charge in [-0.3, -0.25) is 9.52 Å². The van der Waals surface area contributed by atoms with Gasteiger partial charge in [-0.05, 0) is 48.5 Å². The number of carbonyl (C=O) groups is 1. The zero-order valence-electron chi connectivity index (χ0n) is 15.3. The summed E-state index contributed by atoms with van der Waals surface area (Å²) >= 11 is 5.86. The van der Waals surface area contributed by atoms with Crippen molar-refractivity contribution in [1.29, 1.82) is 0 Å². The summed E-state index contributed by atoms with van der Waals surface area (Å²) in [5.41, 5.74) is 0.126. The van der Waals surface area contributed by atoms with Gasteiger partial charge in [-0.2, -0.15) is 0 Å². The normalized spacial score (nSPS) is 11.0. The van der Waals surface area contributed by atoms with Crippen molar-refractivity contribution < 1.29 is 27.4 Å². The largest absolute Gasteiger partial charge is 0.506 e. The van der Waals surface area contributed by atoms with Crippen LogP contribution in [0.25, 0.3) is 0 Å². The summed E-state index contributed by atoms with van der Waals surface area (Å²) in [6.07, 6.45) is 0. The van der Waals surface area contributed by atoms with Gasteiger partial charge in [0.1, 0.15) is 17.3 Å². The number of aromatic hydroxyl groups is 1. The Labute approximate surface area is 177 Å². The van der Waals surface area contributed by atoms with E-state index in [-0.39, 0.29) is 27.8 Å². The lowest BCUT2D eigenvalue weighted by Crippen LogP contribution is -2.20. The van der Waals surface area contributed by atoms with Gasteiger partial charge in [-0.1, -0.05) is 23.7 Å². The molecule has 0 heterocycles. The lowest BCUT2D eigenvalue weighted by molar-refractivity contribution is -0.118. The molecule has 3 aromatic rings. The molecule has 0 bridgehead atoms. The van der Waals surface area contributed by atoms with Crippen molar-refractivity contribution in [2.24, 2.45) is 0 Å². The van der Waals surface area contributed by atoms with Crippen LogP contribution >= 0.6 is 11.6 Å². The van der Waals surface area contributed by atoms with Crippen molar-refractivity contribution in [3.63, 3.8) is 0 Å². The van der Waals surface area contributed by atoms with Crippen molar-refractivity contribution in [2.75, 3.05) is 16.6 Å². The lowest BCUT2D eigenvalue weighted by Gasteiger charge is -2.12. The van der Waals surface area contributed by atoms with Crippen LogP contribution in [-0.4, -0.2) is 26.0 Å². The smallest absolute Gasteiger partial charge is 0.262 e. The van der Waals surface area contributed by atoms with E-state index in [1.54, 1.807) is 12.1 Å². The molecular weight excluding hydrogens is 435 g/mol. The second kappa shape index (κ2) is 9.02.